The molecule has 38 heavy (non-hydrogen) atoms. The second-order valence-electron chi connectivity index (χ2n) is 8.55. The first-order valence-corrected chi connectivity index (χ1v) is 14.7. The minimum Gasteiger partial charge on any atom is -0.493 e. The van der Waals surface area contributed by atoms with Gasteiger partial charge in [0.25, 0.3) is 10.0 Å². The lowest BCUT2D eigenvalue weighted by atomic mass is 10.3. The number of carbonyl (C=O) groups excluding carboxylic acids is 1. The largest absolute Gasteiger partial charge is 0.493 e. The molecule has 0 bridgehead atoms. The number of para-hydroxylation sites is 1. The molecule has 3 aromatic carbocycles. The number of nitrogens with one attached hydrogen (secondary N) is 1. The molecule has 3 aromatic rings. The van der Waals surface area contributed by atoms with E-state index < -0.39 is 32.5 Å². The first-order chi connectivity index (χ1) is 18.2. The number of benzene rings is 3. The molecule has 12 heteroatoms. The van der Waals surface area contributed by atoms with Gasteiger partial charge in [0.05, 0.1) is 29.7 Å². The van der Waals surface area contributed by atoms with Gasteiger partial charge in [0, 0.05) is 24.8 Å². The average Bonchev–Trinajstić information content (AvgIpc) is 3.48. The maximum Gasteiger partial charge on any atom is 0.264 e. The van der Waals surface area contributed by atoms with Gasteiger partial charge in [-0.2, -0.15) is 4.31 Å². The maximum absolute atomic E-state index is 13.6. The van der Waals surface area contributed by atoms with Crippen LogP contribution in [0.15, 0.2) is 82.6 Å². The van der Waals surface area contributed by atoms with Crippen molar-refractivity contribution in [2.45, 2.75) is 22.6 Å². The van der Waals surface area contributed by atoms with Gasteiger partial charge in [-0.25, -0.2) is 16.8 Å². The number of hydrogen-bond acceptors (Lipinski definition) is 7. The van der Waals surface area contributed by atoms with Gasteiger partial charge in [-0.1, -0.05) is 18.2 Å². The summed E-state index contributed by atoms with van der Waals surface area (Å²) < 4.78 is 65.7. The number of methoxy groups -OCH3 is 2. The minimum atomic E-state index is -4.18. The van der Waals surface area contributed by atoms with Gasteiger partial charge in [0.2, 0.25) is 15.9 Å². The number of nitrogens with zero attached hydrogens (tertiary/aromatic N) is 2. The van der Waals surface area contributed by atoms with Crippen molar-refractivity contribution < 1.29 is 31.1 Å². The van der Waals surface area contributed by atoms with Crippen LogP contribution in [0.1, 0.15) is 12.8 Å². The third-order valence-corrected chi connectivity index (χ3v) is 9.80. The van der Waals surface area contributed by atoms with Gasteiger partial charge in [-0.3, -0.25) is 9.10 Å². The molecule has 4 rings (SSSR count). The molecule has 0 aromatic heterocycles. The Bertz CT molecular complexity index is 1490. The van der Waals surface area contributed by atoms with E-state index in [1.807, 2.05) is 0 Å². The summed E-state index contributed by atoms with van der Waals surface area (Å²) in [5.74, 6) is -0.00582. The van der Waals surface area contributed by atoms with E-state index in [9.17, 15) is 21.6 Å². The van der Waals surface area contributed by atoms with Crippen molar-refractivity contribution >= 4 is 37.3 Å². The van der Waals surface area contributed by atoms with Crippen molar-refractivity contribution in [3.05, 3.63) is 72.8 Å². The van der Waals surface area contributed by atoms with E-state index in [1.165, 1.54) is 61.0 Å². The summed E-state index contributed by atoms with van der Waals surface area (Å²) in [6.45, 7) is 0.462. The topological polar surface area (TPSA) is 122 Å². The Kier molecular flexibility index (Phi) is 8.24. The fourth-order valence-corrected chi connectivity index (χ4v) is 7.09. The summed E-state index contributed by atoms with van der Waals surface area (Å²) in [5.41, 5.74) is 0.636. The Morgan fingerprint density at radius 2 is 1.45 bits per heavy atom. The Labute approximate surface area is 222 Å². The first kappa shape index (κ1) is 27.4. The monoisotopic (exact) mass is 559 g/mol. The second-order valence-corrected chi connectivity index (χ2v) is 12.3. The van der Waals surface area contributed by atoms with E-state index in [1.54, 1.807) is 30.3 Å². The van der Waals surface area contributed by atoms with Crippen molar-refractivity contribution in [3.63, 3.8) is 0 Å². The lowest BCUT2D eigenvalue weighted by Gasteiger charge is -2.24. The lowest BCUT2D eigenvalue weighted by molar-refractivity contribution is -0.114. The average molecular weight is 560 g/mol. The highest BCUT2D eigenvalue weighted by Crippen LogP contribution is 2.32. The predicted octanol–water partition coefficient (Wildman–Crippen LogP) is 3.32. The molecular weight excluding hydrogens is 530 g/mol. The van der Waals surface area contributed by atoms with Gasteiger partial charge < -0.3 is 14.8 Å². The maximum atomic E-state index is 13.6. The molecule has 0 spiro atoms. The second kappa shape index (κ2) is 11.4. The summed E-state index contributed by atoms with van der Waals surface area (Å²) in [5, 5.41) is 2.66. The fraction of sp³-hybridized carbons (Fsp3) is 0.269. The van der Waals surface area contributed by atoms with E-state index in [0.717, 1.165) is 17.1 Å². The molecule has 0 aliphatic carbocycles. The van der Waals surface area contributed by atoms with E-state index in [-0.39, 0.29) is 15.5 Å². The summed E-state index contributed by atoms with van der Waals surface area (Å²) >= 11 is 0. The van der Waals surface area contributed by atoms with Crippen molar-refractivity contribution in [1.82, 2.24) is 4.31 Å². The summed E-state index contributed by atoms with van der Waals surface area (Å²) in [7, 11) is -4.92. The Morgan fingerprint density at radius 3 is 2.05 bits per heavy atom. The number of anilines is 2. The fourth-order valence-electron chi connectivity index (χ4n) is 4.13. The molecule has 0 atom stereocenters. The van der Waals surface area contributed by atoms with Crippen LogP contribution in [0.3, 0.4) is 0 Å². The molecule has 10 nitrogen and oxygen atoms in total. The molecular formula is C26H29N3O7S2. The van der Waals surface area contributed by atoms with E-state index in [4.69, 9.17) is 9.47 Å². The van der Waals surface area contributed by atoms with Crippen LogP contribution in [0, 0.1) is 0 Å². The molecule has 1 amide bonds. The van der Waals surface area contributed by atoms with Gasteiger partial charge in [-0.05, 0) is 61.4 Å². The molecule has 0 radical (unpaired) electrons. The molecule has 0 saturated carbocycles. The highest BCUT2D eigenvalue weighted by molar-refractivity contribution is 7.92. The molecule has 1 fully saturated rings. The zero-order valence-corrected chi connectivity index (χ0v) is 22.7. The third kappa shape index (κ3) is 5.77. The summed E-state index contributed by atoms with van der Waals surface area (Å²) in [4.78, 5) is 13.1. The quantitative estimate of drug-likeness (QED) is 0.404. The minimum absolute atomic E-state index is 0.0803. The highest BCUT2D eigenvalue weighted by Gasteiger charge is 2.29. The number of carbonyl (C=O) groups is 1. The van der Waals surface area contributed by atoms with E-state index >= 15 is 0 Å². The molecule has 1 saturated heterocycles. The number of hydrogen-bond donors (Lipinski definition) is 1. The molecule has 1 heterocycles. The molecule has 1 aliphatic rings. The SMILES string of the molecule is COc1ccc(S(=O)(=O)N(CC(=O)Nc2ccc(S(=O)(=O)N3CCCC3)cc2)c2ccccc2)cc1OC. The van der Waals surface area contributed by atoms with Crippen LogP contribution in [-0.2, 0) is 24.8 Å². The number of amides is 1. The van der Waals surface area contributed by atoms with Gasteiger partial charge in [0.15, 0.2) is 11.5 Å². The predicted molar refractivity (Wildman–Crippen MR) is 144 cm³/mol. The van der Waals surface area contributed by atoms with Gasteiger partial charge in [0.1, 0.15) is 6.54 Å². The standard InChI is InChI=1S/C26H29N3O7S2/c1-35-24-15-14-23(18-25(24)36-2)38(33,34)29(21-8-4-3-5-9-21)19-26(30)27-20-10-12-22(13-11-20)37(31,32)28-16-6-7-17-28/h3-5,8-15,18H,6-7,16-17,19H2,1-2H3,(H,27,30). The van der Waals surface area contributed by atoms with Crippen molar-refractivity contribution in [1.29, 1.82) is 0 Å². The van der Waals surface area contributed by atoms with Crippen LogP contribution in [0.5, 0.6) is 11.5 Å². The molecule has 202 valence electrons. The lowest BCUT2D eigenvalue weighted by Crippen LogP contribution is -2.38. The zero-order valence-electron chi connectivity index (χ0n) is 21.0. The highest BCUT2D eigenvalue weighted by atomic mass is 32.2. The first-order valence-electron chi connectivity index (χ1n) is 11.9. The normalized spacial score (nSPS) is 14.2. The summed E-state index contributed by atoms with van der Waals surface area (Å²) in [6, 6.07) is 18.3. The van der Waals surface area contributed by atoms with Crippen LogP contribution in [0.2, 0.25) is 0 Å². The van der Waals surface area contributed by atoms with Crippen molar-refractivity contribution in [2.75, 3.05) is 43.5 Å². The smallest absolute Gasteiger partial charge is 0.264 e. The van der Waals surface area contributed by atoms with Crippen molar-refractivity contribution in [2.24, 2.45) is 0 Å². The van der Waals surface area contributed by atoms with Crippen LogP contribution >= 0.6 is 0 Å². The van der Waals surface area contributed by atoms with Gasteiger partial charge in [-0.15, -0.1) is 0 Å². The van der Waals surface area contributed by atoms with E-state index in [2.05, 4.69) is 5.32 Å². The van der Waals surface area contributed by atoms with Gasteiger partial charge >= 0.3 is 0 Å². The molecule has 1 N–H and O–H groups in total. The number of rotatable bonds is 10. The van der Waals surface area contributed by atoms with Crippen LogP contribution in [0.4, 0.5) is 11.4 Å². The number of sulfonamides is 2. The molecule has 1 aliphatic heterocycles. The number of ether oxygens (including phenoxy) is 2. The van der Waals surface area contributed by atoms with E-state index in [0.29, 0.717) is 30.2 Å². The van der Waals surface area contributed by atoms with Crippen LogP contribution in [-0.4, -0.2) is 60.9 Å². The van der Waals surface area contributed by atoms with Crippen LogP contribution < -0.4 is 19.1 Å². The van der Waals surface area contributed by atoms with Crippen LogP contribution in [0.25, 0.3) is 0 Å². The molecule has 0 unspecified atom stereocenters. The van der Waals surface area contributed by atoms with Crippen molar-refractivity contribution in [3.8, 4) is 11.5 Å². The zero-order chi connectivity index (χ0) is 27.3. The Balaban J connectivity index is 1.56. The summed E-state index contributed by atoms with van der Waals surface area (Å²) in [6.07, 6.45) is 1.66. The Morgan fingerprint density at radius 1 is 0.842 bits per heavy atom. The Hall–Kier alpha value is -3.61. The third-order valence-electron chi connectivity index (χ3n) is 6.12.